The van der Waals surface area contributed by atoms with Crippen LogP contribution in [-0.4, -0.2) is 37.3 Å². The number of alkyl halides is 3. The first kappa shape index (κ1) is 15.3. The van der Waals surface area contributed by atoms with Crippen molar-refractivity contribution in [1.29, 1.82) is 0 Å². The Balaban J connectivity index is 2.22. The number of fused-ring (bicyclic) bond motifs is 1. The maximum Gasteiger partial charge on any atom is 0.401 e. The fourth-order valence-electron chi connectivity index (χ4n) is 3.14. The minimum atomic E-state index is -4.15. The van der Waals surface area contributed by atoms with E-state index < -0.39 is 12.7 Å². The molecule has 0 amide bonds. The first-order chi connectivity index (χ1) is 9.46. The molecule has 1 N–H and O–H groups in total. The van der Waals surface area contributed by atoms with Gasteiger partial charge in [0.1, 0.15) is 0 Å². The Labute approximate surface area is 118 Å². The smallest absolute Gasteiger partial charge is 0.312 e. The summed E-state index contributed by atoms with van der Waals surface area (Å²) in [7, 11) is 1.82. The van der Waals surface area contributed by atoms with E-state index in [4.69, 9.17) is 0 Å². The Morgan fingerprint density at radius 2 is 2.00 bits per heavy atom. The molecular weight excluding hydrogens is 265 g/mol. The molecule has 2 rings (SSSR count). The molecule has 0 aliphatic heterocycles. The molecule has 2 unspecified atom stereocenters. The Hall–Kier alpha value is -1.07. The molecule has 0 saturated carbocycles. The topological polar surface area (TPSA) is 15.3 Å². The Morgan fingerprint density at radius 1 is 1.30 bits per heavy atom. The van der Waals surface area contributed by atoms with Crippen molar-refractivity contribution in [1.82, 2.24) is 10.2 Å². The average molecular weight is 286 g/mol. The summed E-state index contributed by atoms with van der Waals surface area (Å²) in [5, 5.41) is 3.19. The number of benzene rings is 1. The predicted octanol–water partition coefficient (Wildman–Crippen LogP) is 3.15. The second-order valence-electron chi connectivity index (χ2n) is 5.32. The zero-order valence-corrected chi connectivity index (χ0v) is 11.9. The summed E-state index contributed by atoms with van der Waals surface area (Å²) < 4.78 is 38.3. The van der Waals surface area contributed by atoms with Crippen molar-refractivity contribution < 1.29 is 13.2 Å². The number of rotatable bonds is 5. The van der Waals surface area contributed by atoms with E-state index in [9.17, 15) is 13.2 Å². The number of nitrogens with one attached hydrogen (secondary N) is 1. The second kappa shape index (κ2) is 6.14. The highest BCUT2D eigenvalue weighted by molar-refractivity contribution is 5.37. The van der Waals surface area contributed by atoms with Crippen LogP contribution in [0.4, 0.5) is 13.2 Å². The van der Waals surface area contributed by atoms with Gasteiger partial charge in [-0.15, -0.1) is 0 Å². The predicted molar refractivity (Wildman–Crippen MR) is 73.7 cm³/mol. The summed E-state index contributed by atoms with van der Waals surface area (Å²) in [4.78, 5) is 1.57. The van der Waals surface area contributed by atoms with Gasteiger partial charge in [-0.25, -0.2) is 0 Å². The third-order valence-electron chi connectivity index (χ3n) is 3.88. The molecule has 1 aliphatic carbocycles. The van der Waals surface area contributed by atoms with Crippen molar-refractivity contribution in [3.8, 4) is 0 Å². The van der Waals surface area contributed by atoms with Gasteiger partial charge in [0.15, 0.2) is 0 Å². The van der Waals surface area contributed by atoms with Crippen LogP contribution in [0.3, 0.4) is 0 Å². The minimum Gasteiger partial charge on any atom is -0.312 e. The molecule has 0 fully saturated rings. The first-order valence-corrected chi connectivity index (χ1v) is 7.02. The summed E-state index contributed by atoms with van der Waals surface area (Å²) >= 11 is 0. The molecule has 0 bridgehead atoms. The highest BCUT2D eigenvalue weighted by atomic mass is 19.4. The van der Waals surface area contributed by atoms with Gasteiger partial charge in [0.25, 0.3) is 0 Å². The fourth-order valence-corrected chi connectivity index (χ4v) is 3.14. The maximum atomic E-state index is 12.8. The van der Waals surface area contributed by atoms with Crippen LogP contribution in [0.25, 0.3) is 0 Å². The Morgan fingerprint density at radius 3 is 2.60 bits per heavy atom. The molecule has 112 valence electrons. The van der Waals surface area contributed by atoms with Crippen molar-refractivity contribution in [2.24, 2.45) is 0 Å². The molecule has 20 heavy (non-hydrogen) atoms. The van der Waals surface area contributed by atoms with Gasteiger partial charge in [0.2, 0.25) is 0 Å². The van der Waals surface area contributed by atoms with Crippen LogP contribution in [0, 0.1) is 0 Å². The largest absolute Gasteiger partial charge is 0.401 e. The van der Waals surface area contributed by atoms with Crippen LogP contribution >= 0.6 is 0 Å². The molecule has 0 aromatic heterocycles. The van der Waals surface area contributed by atoms with Crippen molar-refractivity contribution in [2.45, 2.75) is 38.0 Å². The highest BCUT2D eigenvalue weighted by Crippen LogP contribution is 2.35. The SMILES string of the molecule is CCCN(CC(F)(F)F)C1Cc2ccccc2C1NC. The van der Waals surface area contributed by atoms with Crippen LogP contribution in [0.2, 0.25) is 0 Å². The molecule has 2 nitrogen and oxygen atoms in total. The molecular formula is C15H21F3N2. The van der Waals surface area contributed by atoms with E-state index in [1.165, 1.54) is 0 Å². The fraction of sp³-hybridized carbons (Fsp3) is 0.600. The van der Waals surface area contributed by atoms with Crippen LogP contribution in [0.5, 0.6) is 0 Å². The molecule has 0 heterocycles. The molecule has 0 saturated heterocycles. The van der Waals surface area contributed by atoms with E-state index in [-0.39, 0.29) is 12.1 Å². The first-order valence-electron chi connectivity index (χ1n) is 7.02. The van der Waals surface area contributed by atoms with E-state index in [1.807, 2.05) is 38.2 Å². The van der Waals surface area contributed by atoms with Gasteiger partial charge in [-0.1, -0.05) is 31.2 Å². The summed E-state index contributed by atoms with van der Waals surface area (Å²) in [5.41, 5.74) is 2.28. The molecule has 1 aromatic carbocycles. The van der Waals surface area contributed by atoms with E-state index >= 15 is 0 Å². The lowest BCUT2D eigenvalue weighted by Gasteiger charge is -2.33. The summed E-state index contributed by atoms with van der Waals surface area (Å²) in [6.07, 6.45) is -2.75. The Kier molecular flexibility index (Phi) is 4.70. The zero-order valence-electron chi connectivity index (χ0n) is 11.9. The van der Waals surface area contributed by atoms with Crippen LogP contribution in [0.15, 0.2) is 24.3 Å². The van der Waals surface area contributed by atoms with E-state index in [0.717, 1.165) is 17.5 Å². The van der Waals surface area contributed by atoms with Crippen molar-refractivity contribution in [3.63, 3.8) is 0 Å². The van der Waals surface area contributed by atoms with Gasteiger partial charge in [0, 0.05) is 12.1 Å². The maximum absolute atomic E-state index is 12.8. The van der Waals surface area contributed by atoms with Gasteiger partial charge < -0.3 is 5.32 Å². The zero-order chi connectivity index (χ0) is 14.8. The number of hydrogen-bond acceptors (Lipinski definition) is 2. The molecule has 1 aliphatic rings. The number of hydrogen-bond donors (Lipinski definition) is 1. The lowest BCUT2D eigenvalue weighted by molar-refractivity contribution is -0.151. The monoisotopic (exact) mass is 286 g/mol. The van der Waals surface area contributed by atoms with Gasteiger partial charge in [-0.05, 0) is 37.6 Å². The number of likely N-dealkylation sites (N-methyl/N-ethyl adjacent to an activating group) is 1. The van der Waals surface area contributed by atoms with Gasteiger partial charge in [-0.3, -0.25) is 4.90 Å². The van der Waals surface area contributed by atoms with Crippen molar-refractivity contribution >= 4 is 0 Å². The van der Waals surface area contributed by atoms with Gasteiger partial charge in [-0.2, -0.15) is 13.2 Å². The van der Waals surface area contributed by atoms with Crippen molar-refractivity contribution in [2.75, 3.05) is 20.1 Å². The molecule has 0 spiro atoms. The van der Waals surface area contributed by atoms with Crippen LogP contribution in [-0.2, 0) is 6.42 Å². The third-order valence-corrected chi connectivity index (χ3v) is 3.88. The molecule has 2 atom stereocenters. The second-order valence-corrected chi connectivity index (χ2v) is 5.32. The van der Waals surface area contributed by atoms with Crippen LogP contribution < -0.4 is 5.32 Å². The Bertz CT molecular complexity index is 445. The van der Waals surface area contributed by atoms with E-state index in [1.54, 1.807) is 4.90 Å². The minimum absolute atomic E-state index is 0.0277. The van der Waals surface area contributed by atoms with Gasteiger partial charge in [0.05, 0.1) is 6.54 Å². The lowest BCUT2D eigenvalue weighted by Crippen LogP contribution is -2.46. The standard InChI is InChI=1S/C15H21F3N2/c1-3-8-20(10-15(16,17)18)13-9-11-6-4-5-7-12(11)14(13)19-2/h4-7,13-14,19H,3,8-10H2,1-2H3. The van der Waals surface area contributed by atoms with E-state index in [2.05, 4.69) is 5.32 Å². The quantitative estimate of drug-likeness (QED) is 0.894. The van der Waals surface area contributed by atoms with Crippen LogP contribution in [0.1, 0.15) is 30.5 Å². The summed E-state index contributed by atoms with van der Waals surface area (Å²) in [6, 6.07) is 7.76. The molecule has 5 heteroatoms. The van der Waals surface area contributed by atoms with Gasteiger partial charge >= 0.3 is 6.18 Å². The molecule has 1 aromatic rings. The third kappa shape index (κ3) is 3.33. The molecule has 0 radical (unpaired) electrons. The lowest BCUT2D eigenvalue weighted by atomic mass is 10.1. The highest BCUT2D eigenvalue weighted by Gasteiger charge is 2.39. The van der Waals surface area contributed by atoms with E-state index in [0.29, 0.717) is 13.0 Å². The van der Waals surface area contributed by atoms with Crippen molar-refractivity contribution in [3.05, 3.63) is 35.4 Å². The summed E-state index contributed by atoms with van der Waals surface area (Å²) in [5.74, 6) is 0. The summed E-state index contributed by atoms with van der Waals surface area (Å²) in [6.45, 7) is 1.55. The average Bonchev–Trinajstić information content (AvgIpc) is 2.75. The normalized spacial score (nSPS) is 22.3. The number of nitrogens with zero attached hydrogens (tertiary/aromatic N) is 1. The number of halogens is 3.